The van der Waals surface area contributed by atoms with Crippen molar-refractivity contribution in [2.24, 2.45) is 11.8 Å². The van der Waals surface area contributed by atoms with Crippen LogP contribution in [0.4, 0.5) is 0 Å². The van der Waals surface area contributed by atoms with Crippen LogP contribution in [0.5, 0.6) is 0 Å². The molecule has 0 saturated heterocycles. The van der Waals surface area contributed by atoms with Crippen molar-refractivity contribution in [2.75, 3.05) is 6.61 Å². The van der Waals surface area contributed by atoms with Gasteiger partial charge in [0.15, 0.2) is 0 Å². The standard InChI is InChI=1S/C31H46OSi/c1-25(2)19-21-28(26(3)4)22-20-27(5)23-24-32-33(31(6,7)8,29-15-11-9-12-16-29)30-17-13-10-14-18-30/h9-19,22,26-27H,20-21,23-24H2,1-8H3/b28-22+/t27-/m0/s1. The highest BCUT2D eigenvalue weighted by Gasteiger charge is 2.49. The molecule has 2 aromatic rings. The maximum Gasteiger partial charge on any atom is 0.261 e. The van der Waals surface area contributed by atoms with E-state index < -0.39 is 8.32 Å². The van der Waals surface area contributed by atoms with Crippen LogP contribution in [0.2, 0.25) is 5.04 Å². The Morgan fingerprint density at radius 3 is 1.79 bits per heavy atom. The predicted molar refractivity (Wildman–Crippen MR) is 149 cm³/mol. The van der Waals surface area contributed by atoms with Gasteiger partial charge in [0.2, 0.25) is 0 Å². The Balaban J connectivity index is 2.20. The first kappa shape index (κ1) is 27.3. The van der Waals surface area contributed by atoms with Gasteiger partial charge in [-0.2, -0.15) is 0 Å². The van der Waals surface area contributed by atoms with E-state index in [0.717, 1.165) is 25.9 Å². The van der Waals surface area contributed by atoms with E-state index in [1.54, 1.807) is 5.57 Å². The fourth-order valence-electron chi connectivity index (χ4n) is 4.52. The molecule has 0 fully saturated rings. The van der Waals surface area contributed by atoms with Gasteiger partial charge < -0.3 is 4.43 Å². The lowest BCUT2D eigenvalue weighted by Crippen LogP contribution is -2.66. The van der Waals surface area contributed by atoms with E-state index in [9.17, 15) is 0 Å². The molecule has 0 bridgehead atoms. The molecule has 1 atom stereocenters. The normalized spacial score (nSPS) is 13.8. The molecule has 2 heteroatoms. The number of hydrogen-bond donors (Lipinski definition) is 0. The molecule has 0 aliphatic carbocycles. The van der Waals surface area contributed by atoms with Crippen molar-refractivity contribution in [1.82, 2.24) is 0 Å². The molecule has 180 valence electrons. The predicted octanol–water partition coefficient (Wildman–Crippen LogP) is 7.92. The van der Waals surface area contributed by atoms with E-state index in [1.165, 1.54) is 15.9 Å². The fraction of sp³-hybridized carbons (Fsp3) is 0.484. The molecule has 33 heavy (non-hydrogen) atoms. The average molecular weight is 463 g/mol. The molecule has 0 spiro atoms. The minimum Gasteiger partial charge on any atom is -0.407 e. The molecule has 0 heterocycles. The summed E-state index contributed by atoms with van der Waals surface area (Å²) in [6.45, 7) is 19.2. The molecule has 2 rings (SSSR count). The smallest absolute Gasteiger partial charge is 0.261 e. The second kappa shape index (κ2) is 12.5. The van der Waals surface area contributed by atoms with Crippen molar-refractivity contribution < 1.29 is 4.43 Å². The minimum atomic E-state index is -2.43. The summed E-state index contributed by atoms with van der Waals surface area (Å²) in [4.78, 5) is 0. The number of hydrogen-bond acceptors (Lipinski definition) is 1. The number of allylic oxidation sites excluding steroid dienone is 4. The number of rotatable bonds is 11. The van der Waals surface area contributed by atoms with Gasteiger partial charge in [0.1, 0.15) is 0 Å². The second-order valence-electron chi connectivity index (χ2n) is 11.1. The van der Waals surface area contributed by atoms with Gasteiger partial charge in [-0.3, -0.25) is 0 Å². The third-order valence-electron chi connectivity index (χ3n) is 6.62. The fourth-order valence-corrected chi connectivity index (χ4v) is 9.10. The third kappa shape index (κ3) is 7.55. The van der Waals surface area contributed by atoms with Crippen molar-refractivity contribution in [2.45, 2.75) is 79.7 Å². The average Bonchev–Trinajstić information content (AvgIpc) is 2.76. The Morgan fingerprint density at radius 2 is 1.36 bits per heavy atom. The minimum absolute atomic E-state index is 0.0357. The largest absolute Gasteiger partial charge is 0.407 e. The molecule has 0 saturated carbocycles. The van der Waals surface area contributed by atoms with Crippen LogP contribution in [0.3, 0.4) is 0 Å². The van der Waals surface area contributed by atoms with Crippen LogP contribution in [-0.4, -0.2) is 14.9 Å². The maximum atomic E-state index is 7.08. The van der Waals surface area contributed by atoms with Crippen LogP contribution in [0.1, 0.15) is 74.7 Å². The van der Waals surface area contributed by atoms with E-state index in [0.29, 0.717) is 11.8 Å². The molecule has 0 aliphatic rings. The molecule has 0 aromatic heterocycles. The molecular formula is C31H46OSi. The summed E-state index contributed by atoms with van der Waals surface area (Å²) in [6, 6.07) is 21.9. The summed E-state index contributed by atoms with van der Waals surface area (Å²) in [6.07, 6.45) is 8.11. The van der Waals surface area contributed by atoms with Gasteiger partial charge >= 0.3 is 0 Å². The quantitative estimate of drug-likeness (QED) is 0.243. The topological polar surface area (TPSA) is 9.23 Å². The van der Waals surface area contributed by atoms with Crippen LogP contribution >= 0.6 is 0 Å². The first-order valence-electron chi connectivity index (χ1n) is 12.6. The molecule has 0 unspecified atom stereocenters. The van der Waals surface area contributed by atoms with Gasteiger partial charge in [-0.15, -0.1) is 0 Å². The van der Waals surface area contributed by atoms with E-state index in [-0.39, 0.29) is 5.04 Å². The van der Waals surface area contributed by atoms with Crippen molar-refractivity contribution >= 4 is 18.7 Å². The Bertz CT molecular complexity index is 844. The van der Waals surface area contributed by atoms with Crippen molar-refractivity contribution in [1.29, 1.82) is 0 Å². The van der Waals surface area contributed by atoms with E-state index in [4.69, 9.17) is 4.43 Å². The van der Waals surface area contributed by atoms with Gasteiger partial charge in [-0.05, 0) is 60.4 Å². The summed E-state index contributed by atoms with van der Waals surface area (Å²) in [5.41, 5.74) is 2.95. The monoisotopic (exact) mass is 462 g/mol. The van der Waals surface area contributed by atoms with Crippen molar-refractivity contribution in [3.8, 4) is 0 Å². The number of benzene rings is 2. The summed E-state index contributed by atoms with van der Waals surface area (Å²) in [5, 5.41) is 2.76. The lowest BCUT2D eigenvalue weighted by Gasteiger charge is -2.43. The third-order valence-corrected chi connectivity index (χ3v) is 11.7. The SMILES string of the molecule is CC(C)=CC/C(=C\C[C@H](C)CCO[Si](c1ccccc1)(c1ccccc1)C(C)(C)C)C(C)C. The zero-order valence-electron chi connectivity index (χ0n) is 22.3. The molecule has 0 radical (unpaired) electrons. The summed E-state index contributed by atoms with van der Waals surface area (Å²) in [7, 11) is -2.43. The molecular weight excluding hydrogens is 416 g/mol. The van der Waals surface area contributed by atoms with Gasteiger partial charge in [0.25, 0.3) is 8.32 Å². The molecule has 0 N–H and O–H groups in total. The highest BCUT2D eigenvalue weighted by atomic mass is 28.4. The van der Waals surface area contributed by atoms with Crippen LogP contribution in [0, 0.1) is 11.8 Å². The Kier molecular flexibility index (Phi) is 10.4. The highest BCUT2D eigenvalue weighted by molar-refractivity contribution is 6.99. The highest BCUT2D eigenvalue weighted by Crippen LogP contribution is 2.37. The first-order valence-corrected chi connectivity index (χ1v) is 14.6. The lowest BCUT2D eigenvalue weighted by molar-refractivity contribution is 0.268. The van der Waals surface area contributed by atoms with E-state index >= 15 is 0 Å². The molecule has 2 aromatic carbocycles. The Morgan fingerprint density at radius 1 is 0.848 bits per heavy atom. The van der Waals surface area contributed by atoms with Crippen LogP contribution in [0.15, 0.2) is 84.0 Å². The van der Waals surface area contributed by atoms with Gasteiger partial charge in [-0.1, -0.05) is 126 Å². The van der Waals surface area contributed by atoms with Crippen molar-refractivity contribution in [3.63, 3.8) is 0 Å². The molecule has 0 aliphatic heterocycles. The summed E-state index contributed by atoms with van der Waals surface area (Å²) < 4.78 is 7.08. The van der Waals surface area contributed by atoms with Gasteiger partial charge in [-0.25, -0.2) is 0 Å². The Hall–Kier alpha value is -1.90. The second-order valence-corrected chi connectivity index (χ2v) is 15.4. The van der Waals surface area contributed by atoms with Gasteiger partial charge in [0.05, 0.1) is 0 Å². The van der Waals surface area contributed by atoms with Crippen LogP contribution < -0.4 is 10.4 Å². The van der Waals surface area contributed by atoms with Crippen LogP contribution in [0.25, 0.3) is 0 Å². The van der Waals surface area contributed by atoms with Crippen LogP contribution in [-0.2, 0) is 4.43 Å². The van der Waals surface area contributed by atoms with E-state index in [2.05, 4.69) is 128 Å². The van der Waals surface area contributed by atoms with E-state index in [1.807, 2.05) is 0 Å². The maximum absolute atomic E-state index is 7.08. The lowest BCUT2D eigenvalue weighted by atomic mass is 9.94. The summed E-state index contributed by atoms with van der Waals surface area (Å²) >= 11 is 0. The first-order chi connectivity index (χ1) is 15.6. The molecule has 1 nitrogen and oxygen atoms in total. The zero-order valence-corrected chi connectivity index (χ0v) is 23.3. The summed E-state index contributed by atoms with van der Waals surface area (Å²) in [5.74, 6) is 1.20. The van der Waals surface area contributed by atoms with Gasteiger partial charge in [0, 0.05) is 6.61 Å². The molecule has 0 amide bonds. The Labute approximate surface area is 205 Å². The zero-order chi connectivity index (χ0) is 24.5. The van der Waals surface area contributed by atoms with Crippen molar-refractivity contribution in [3.05, 3.63) is 84.0 Å².